The maximum atomic E-state index is 12.3. The Morgan fingerprint density at radius 1 is 1.21 bits per heavy atom. The van der Waals surface area contributed by atoms with E-state index in [1.54, 1.807) is 6.92 Å². The third-order valence-corrected chi connectivity index (χ3v) is 5.92. The van der Waals surface area contributed by atoms with Crippen LogP contribution < -0.4 is 10.6 Å². The molecular weight excluding hydrogens is 386 g/mol. The molecule has 1 aliphatic rings. The highest BCUT2D eigenvalue weighted by Crippen LogP contribution is 2.29. The zero-order chi connectivity index (χ0) is 21.2. The third kappa shape index (κ3) is 5.38. The van der Waals surface area contributed by atoms with Crippen molar-refractivity contribution in [3.63, 3.8) is 0 Å². The number of carbonyl (C=O) groups is 2. The Bertz CT molecular complexity index is 881. The highest BCUT2D eigenvalue weighted by molar-refractivity contribution is 8.00. The van der Waals surface area contributed by atoms with E-state index >= 15 is 0 Å². The largest absolute Gasteiger partial charge is 0.335 e. The summed E-state index contributed by atoms with van der Waals surface area (Å²) in [7, 11) is 0. The van der Waals surface area contributed by atoms with E-state index < -0.39 is 11.3 Å². The predicted molar refractivity (Wildman–Crippen MR) is 115 cm³/mol. The van der Waals surface area contributed by atoms with Crippen molar-refractivity contribution in [2.24, 2.45) is 0 Å². The first-order chi connectivity index (χ1) is 13.7. The van der Waals surface area contributed by atoms with Crippen LogP contribution in [0.4, 0.5) is 4.79 Å². The first-order valence-corrected chi connectivity index (χ1v) is 10.9. The monoisotopic (exact) mass is 415 g/mol. The molecule has 29 heavy (non-hydrogen) atoms. The van der Waals surface area contributed by atoms with Gasteiger partial charge < -0.3 is 9.88 Å². The lowest BCUT2D eigenvalue weighted by atomic mass is 9.87. The summed E-state index contributed by atoms with van der Waals surface area (Å²) in [6.07, 6.45) is 1.95. The predicted octanol–water partition coefficient (Wildman–Crippen LogP) is 3.73. The van der Waals surface area contributed by atoms with Crippen molar-refractivity contribution >= 4 is 23.7 Å². The Kier molecular flexibility index (Phi) is 6.31. The van der Waals surface area contributed by atoms with Gasteiger partial charge in [-0.2, -0.15) is 0 Å². The van der Waals surface area contributed by atoms with Crippen LogP contribution in [0.15, 0.2) is 29.4 Å². The summed E-state index contributed by atoms with van der Waals surface area (Å²) in [6.45, 7) is 11.0. The molecule has 1 aliphatic carbocycles. The van der Waals surface area contributed by atoms with E-state index in [1.165, 1.54) is 17.3 Å². The topological polar surface area (TPSA) is 88.9 Å². The van der Waals surface area contributed by atoms with Crippen LogP contribution in [-0.4, -0.2) is 38.0 Å². The molecule has 2 N–H and O–H groups in total. The van der Waals surface area contributed by atoms with Gasteiger partial charge >= 0.3 is 6.03 Å². The van der Waals surface area contributed by atoms with E-state index in [1.807, 2.05) is 11.5 Å². The molecule has 0 spiro atoms. The molecule has 1 heterocycles. The van der Waals surface area contributed by atoms with Crippen LogP contribution in [0.2, 0.25) is 0 Å². The summed E-state index contributed by atoms with van der Waals surface area (Å²) in [5.74, 6) is 0.435. The third-order valence-electron chi connectivity index (χ3n) is 4.84. The molecule has 0 radical (unpaired) electrons. The van der Waals surface area contributed by atoms with Crippen LogP contribution in [0.25, 0.3) is 11.4 Å². The van der Waals surface area contributed by atoms with Gasteiger partial charge in [0.15, 0.2) is 11.0 Å². The van der Waals surface area contributed by atoms with Crippen LogP contribution >= 0.6 is 11.8 Å². The minimum absolute atomic E-state index is 0.0898. The van der Waals surface area contributed by atoms with Gasteiger partial charge in [0.1, 0.15) is 0 Å². The van der Waals surface area contributed by atoms with Gasteiger partial charge in [-0.1, -0.05) is 56.8 Å². The Balaban J connectivity index is 1.70. The average molecular weight is 416 g/mol. The number of imide groups is 1. The second kappa shape index (κ2) is 8.57. The van der Waals surface area contributed by atoms with Crippen molar-refractivity contribution in [1.29, 1.82) is 0 Å². The van der Waals surface area contributed by atoms with Crippen molar-refractivity contribution in [2.75, 3.05) is 0 Å². The maximum Gasteiger partial charge on any atom is 0.321 e. The standard InChI is InChI=1S/C21H29N5O2S/c1-6-26-17(14-7-9-15(10-8-14)21(3,4)5)24-25-20(26)29-13(2)18(27)23-19(28)22-16-11-12-16/h7-10,13,16H,6,11-12H2,1-5H3,(H2,22,23,27,28). The Morgan fingerprint density at radius 2 is 1.86 bits per heavy atom. The number of benzene rings is 1. The van der Waals surface area contributed by atoms with Gasteiger partial charge in [-0.3, -0.25) is 10.1 Å². The number of rotatable bonds is 6. The van der Waals surface area contributed by atoms with Crippen LogP contribution in [0.1, 0.15) is 53.0 Å². The molecule has 0 saturated heterocycles. The lowest BCUT2D eigenvalue weighted by molar-refractivity contribution is -0.119. The second-order valence-electron chi connectivity index (χ2n) is 8.37. The zero-order valence-corrected chi connectivity index (χ0v) is 18.5. The lowest BCUT2D eigenvalue weighted by Crippen LogP contribution is -2.43. The fraction of sp³-hybridized carbons (Fsp3) is 0.524. The fourth-order valence-electron chi connectivity index (χ4n) is 2.87. The molecule has 1 aromatic heterocycles. The van der Waals surface area contributed by atoms with Crippen molar-refractivity contribution in [2.45, 2.75) is 75.9 Å². The molecule has 156 valence electrons. The molecule has 0 aliphatic heterocycles. The highest BCUT2D eigenvalue weighted by atomic mass is 32.2. The maximum absolute atomic E-state index is 12.3. The van der Waals surface area contributed by atoms with Gasteiger partial charge in [0.25, 0.3) is 0 Å². The van der Waals surface area contributed by atoms with E-state index in [-0.39, 0.29) is 17.4 Å². The first kappa shape index (κ1) is 21.4. The van der Waals surface area contributed by atoms with Crippen molar-refractivity contribution < 1.29 is 9.59 Å². The Labute approximate surface area is 176 Å². The van der Waals surface area contributed by atoms with E-state index in [0.29, 0.717) is 11.7 Å². The smallest absolute Gasteiger partial charge is 0.321 e. The molecule has 7 nitrogen and oxygen atoms in total. The van der Waals surface area contributed by atoms with Crippen LogP contribution in [-0.2, 0) is 16.8 Å². The summed E-state index contributed by atoms with van der Waals surface area (Å²) in [4.78, 5) is 24.1. The lowest BCUT2D eigenvalue weighted by Gasteiger charge is -2.19. The summed E-state index contributed by atoms with van der Waals surface area (Å²) in [5, 5.41) is 14.0. The molecule has 8 heteroatoms. The summed E-state index contributed by atoms with van der Waals surface area (Å²) in [6, 6.07) is 8.13. The van der Waals surface area contributed by atoms with Crippen LogP contribution in [0.5, 0.6) is 0 Å². The van der Waals surface area contributed by atoms with Crippen LogP contribution in [0.3, 0.4) is 0 Å². The van der Waals surface area contributed by atoms with E-state index in [4.69, 9.17) is 0 Å². The summed E-state index contributed by atoms with van der Waals surface area (Å²) < 4.78 is 1.99. The molecule has 2 aromatic rings. The number of nitrogens with one attached hydrogen (secondary N) is 2. The number of nitrogens with zero attached hydrogens (tertiary/aromatic N) is 3. The number of carbonyl (C=O) groups excluding carboxylic acids is 2. The van der Waals surface area contributed by atoms with E-state index in [0.717, 1.165) is 24.2 Å². The van der Waals surface area contributed by atoms with Crippen molar-refractivity contribution in [3.8, 4) is 11.4 Å². The van der Waals surface area contributed by atoms with Crippen molar-refractivity contribution in [3.05, 3.63) is 29.8 Å². The Morgan fingerprint density at radius 3 is 2.41 bits per heavy atom. The van der Waals surface area contributed by atoms with Gasteiger partial charge in [0.2, 0.25) is 5.91 Å². The molecule has 1 aromatic carbocycles. The summed E-state index contributed by atoms with van der Waals surface area (Å²) >= 11 is 1.30. The molecular formula is C21H29N5O2S. The average Bonchev–Trinajstić information content (AvgIpc) is 3.38. The summed E-state index contributed by atoms with van der Waals surface area (Å²) in [5.41, 5.74) is 2.33. The van der Waals surface area contributed by atoms with E-state index in [9.17, 15) is 9.59 Å². The van der Waals surface area contributed by atoms with Crippen molar-refractivity contribution in [1.82, 2.24) is 25.4 Å². The normalized spacial score (nSPS) is 15.1. The van der Waals surface area contributed by atoms with E-state index in [2.05, 4.69) is 65.9 Å². The van der Waals surface area contributed by atoms with Gasteiger partial charge in [-0.15, -0.1) is 10.2 Å². The molecule has 1 saturated carbocycles. The number of hydrogen-bond acceptors (Lipinski definition) is 5. The molecule has 1 atom stereocenters. The quantitative estimate of drug-likeness (QED) is 0.702. The zero-order valence-electron chi connectivity index (χ0n) is 17.7. The fourth-order valence-corrected chi connectivity index (χ4v) is 3.78. The van der Waals surface area contributed by atoms with Gasteiger partial charge in [-0.05, 0) is 37.7 Å². The minimum atomic E-state index is -0.467. The molecule has 3 amide bonds. The van der Waals surface area contributed by atoms with Crippen LogP contribution in [0, 0.1) is 0 Å². The number of aromatic nitrogens is 3. The van der Waals surface area contributed by atoms with Gasteiger partial charge in [0, 0.05) is 18.2 Å². The van der Waals surface area contributed by atoms with Gasteiger partial charge in [-0.25, -0.2) is 4.79 Å². The first-order valence-electron chi connectivity index (χ1n) is 10.0. The molecule has 1 unspecified atom stereocenters. The molecule has 3 rings (SSSR count). The molecule has 0 bridgehead atoms. The number of thioether (sulfide) groups is 1. The number of amides is 3. The highest BCUT2D eigenvalue weighted by Gasteiger charge is 2.26. The Hall–Kier alpha value is -2.35. The SMILES string of the molecule is CCn1c(SC(C)C(=O)NC(=O)NC2CC2)nnc1-c1ccc(C(C)(C)C)cc1. The number of urea groups is 1. The van der Waals surface area contributed by atoms with Gasteiger partial charge in [0.05, 0.1) is 5.25 Å². The minimum Gasteiger partial charge on any atom is -0.335 e. The molecule has 1 fully saturated rings. The number of hydrogen-bond donors (Lipinski definition) is 2. The second-order valence-corrected chi connectivity index (χ2v) is 9.68.